The van der Waals surface area contributed by atoms with Crippen molar-refractivity contribution in [3.63, 3.8) is 0 Å². The maximum absolute atomic E-state index is 4.23. The summed E-state index contributed by atoms with van der Waals surface area (Å²) < 4.78 is 0. The molecule has 3 unspecified atom stereocenters. The van der Waals surface area contributed by atoms with Crippen molar-refractivity contribution < 1.29 is 0 Å². The Balaban J connectivity index is 2.51. The van der Waals surface area contributed by atoms with Crippen molar-refractivity contribution in [1.82, 2.24) is 5.32 Å². The molecular formula is C17H33N. The van der Waals surface area contributed by atoms with Crippen LogP contribution in [0, 0.1) is 17.8 Å². The largest absolute Gasteiger partial charge is 0.317 e. The molecule has 0 aliphatic heterocycles. The van der Waals surface area contributed by atoms with E-state index in [-0.39, 0.29) is 0 Å². The van der Waals surface area contributed by atoms with Crippen molar-refractivity contribution in [1.29, 1.82) is 0 Å². The minimum atomic E-state index is 0.890. The summed E-state index contributed by atoms with van der Waals surface area (Å²) in [5, 5.41) is 3.56. The predicted octanol–water partition coefficient (Wildman–Crippen LogP) is 4.78. The van der Waals surface area contributed by atoms with Crippen LogP contribution in [-0.2, 0) is 0 Å². The second-order valence-electron chi connectivity index (χ2n) is 6.10. The summed E-state index contributed by atoms with van der Waals surface area (Å²) in [4.78, 5) is 0. The van der Waals surface area contributed by atoms with Crippen LogP contribution in [0.1, 0.15) is 65.7 Å². The first kappa shape index (κ1) is 15.8. The summed E-state index contributed by atoms with van der Waals surface area (Å²) in [7, 11) is 0. The Kier molecular flexibility index (Phi) is 7.65. The van der Waals surface area contributed by atoms with Gasteiger partial charge in [-0.1, -0.05) is 52.2 Å². The van der Waals surface area contributed by atoms with E-state index in [0.29, 0.717) is 0 Å². The molecular weight excluding hydrogens is 218 g/mol. The number of hydrogen-bond acceptors (Lipinski definition) is 1. The Morgan fingerprint density at radius 2 is 1.94 bits per heavy atom. The van der Waals surface area contributed by atoms with Crippen LogP contribution in [0.2, 0.25) is 0 Å². The third-order valence-corrected chi connectivity index (χ3v) is 4.65. The molecule has 0 radical (unpaired) electrons. The normalized spacial score (nSPS) is 28.3. The highest BCUT2D eigenvalue weighted by molar-refractivity contribution is 4.97. The van der Waals surface area contributed by atoms with Crippen LogP contribution >= 0.6 is 0 Å². The molecule has 0 aromatic carbocycles. The molecule has 1 nitrogen and oxygen atoms in total. The van der Waals surface area contributed by atoms with E-state index in [1.54, 1.807) is 0 Å². The Bertz CT molecular complexity index is 234. The monoisotopic (exact) mass is 251 g/mol. The molecule has 1 heteroatoms. The lowest BCUT2D eigenvalue weighted by Crippen LogP contribution is -2.33. The summed E-state index contributed by atoms with van der Waals surface area (Å²) in [5.41, 5.74) is 1.46. The summed E-state index contributed by atoms with van der Waals surface area (Å²) in [5.74, 6) is 2.77. The molecule has 0 saturated heterocycles. The van der Waals surface area contributed by atoms with E-state index in [9.17, 15) is 0 Å². The molecule has 1 aliphatic carbocycles. The van der Waals surface area contributed by atoms with Gasteiger partial charge in [-0.15, -0.1) is 0 Å². The molecule has 1 rings (SSSR count). The summed E-state index contributed by atoms with van der Waals surface area (Å²) in [6.45, 7) is 13.3. The van der Waals surface area contributed by atoms with Gasteiger partial charge in [-0.25, -0.2) is 0 Å². The zero-order chi connectivity index (χ0) is 13.4. The first-order chi connectivity index (χ1) is 8.71. The second kappa shape index (κ2) is 8.74. The van der Waals surface area contributed by atoms with Crippen molar-refractivity contribution in [2.75, 3.05) is 13.1 Å². The SMILES string of the molecule is C=C(CC)CC1CC(CCC)CCC1CNCC. The predicted molar refractivity (Wildman–Crippen MR) is 81.8 cm³/mol. The average molecular weight is 251 g/mol. The van der Waals surface area contributed by atoms with E-state index < -0.39 is 0 Å². The standard InChI is InChI=1S/C17H33N/c1-5-8-15-9-10-16(13-18-7-3)17(12-15)11-14(4)6-2/h15-18H,4-13H2,1-3H3. The van der Waals surface area contributed by atoms with Gasteiger partial charge in [-0.2, -0.15) is 0 Å². The molecule has 106 valence electrons. The van der Waals surface area contributed by atoms with Gasteiger partial charge in [0.25, 0.3) is 0 Å². The lowest BCUT2D eigenvalue weighted by Gasteiger charge is -2.37. The zero-order valence-corrected chi connectivity index (χ0v) is 12.8. The minimum Gasteiger partial charge on any atom is -0.317 e. The van der Waals surface area contributed by atoms with E-state index in [1.165, 1.54) is 50.6 Å². The molecule has 1 saturated carbocycles. The van der Waals surface area contributed by atoms with E-state index >= 15 is 0 Å². The molecule has 0 bridgehead atoms. The van der Waals surface area contributed by atoms with Crippen LogP contribution in [0.25, 0.3) is 0 Å². The number of rotatable bonds is 8. The van der Waals surface area contributed by atoms with Gasteiger partial charge in [0, 0.05) is 0 Å². The zero-order valence-electron chi connectivity index (χ0n) is 12.8. The summed E-state index contributed by atoms with van der Waals surface area (Å²) in [6.07, 6.45) is 9.55. The van der Waals surface area contributed by atoms with E-state index in [2.05, 4.69) is 32.7 Å². The summed E-state index contributed by atoms with van der Waals surface area (Å²) in [6, 6.07) is 0. The van der Waals surface area contributed by atoms with Crippen LogP contribution in [0.5, 0.6) is 0 Å². The third-order valence-electron chi connectivity index (χ3n) is 4.65. The van der Waals surface area contributed by atoms with Gasteiger partial charge in [0.05, 0.1) is 0 Å². The fourth-order valence-electron chi connectivity index (χ4n) is 3.46. The number of hydrogen-bond donors (Lipinski definition) is 1. The minimum absolute atomic E-state index is 0.890. The molecule has 0 heterocycles. The number of allylic oxidation sites excluding steroid dienone is 1. The lowest BCUT2D eigenvalue weighted by atomic mass is 9.70. The lowest BCUT2D eigenvalue weighted by molar-refractivity contribution is 0.167. The van der Waals surface area contributed by atoms with Gasteiger partial charge in [-0.05, 0) is 56.5 Å². The highest BCUT2D eigenvalue weighted by Crippen LogP contribution is 2.39. The first-order valence-electron chi connectivity index (χ1n) is 8.08. The quantitative estimate of drug-likeness (QED) is 0.612. The highest BCUT2D eigenvalue weighted by atomic mass is 14.8. The van der Waals surface area contributed by atoms with Crippen molar-refractivity contribution >= 4 is 0 Å². The second-order valence-corrected chi connectivity index (χ2v) is 6.10. The van der Waals surface area contributed by atoms with Gasteiger partial charge in [0.1, 0.15) is 0 Å². The van der Waals surface area contributed by atoms with Crippen LogP contribution in [0.4, 0.5) is 0 Å². The fourth-order valence-corrected chi connectivity index (χ4v) is 3.46. The summed E-state index contributed by atoms with van der Waals surface area (Å²) >= 11 is 0. The highest BCUT2D eigenvalue weighted by Gasteiger charge is 2.29. The topological polar surface area (TPSA) is 12.0 Å². The van der Waals surface area contributed by atoms with Crippen molar-refractivity contribution in [2.45, 2.75) is 65.7 Å². The van der Waals surface area contributed by atoms with Crippen molar-refractivity contribution in [2.24, 2.45) is 17.8 Å². The molecule has 1 aliphatic rings. The Morgan fingerprint density at radius 1 is 1.17 bits per heavy atom. The third kappa shape index (κ3) is 5.14. The van der Waals surface area contributed by atoms with E-state index in [4.69, 9.17) is 0 Å². The van der Waals surface area contributed by atoms with Crippen molar-refractivity contribution in [3.05, 3.63) is 12.2 Å². The van der Waals surface area contributed by atoms with E-state index in [1.807, 2.05) is 0 Å². The van der Waals surface area contributed by atoms with Crippen LogP contribution in [0.3, 0.4) is 0 Å². The van der Waals surface area contributed by atoms with Gasteiger partial charge >= 0.3 is 0 Å². The Labute approximate surface area is 114 Å². The van der Waals surface area contributed by atoms with Gasteiger partial charge < -0.3 is 5.32 Å². The molecule has 1 N–H and O–H groups in total. The van der Waals surface area contributed by atoms with Crippen LogP contribution in [-0.4, -0.2) is 13.1 Å². The molecule has 0 aromatic heterocycles. The van der Waals surface area contributed by atoms with Crippen LogP contribution in [0.15, 0.2) is 12.2 Å². The van der Waals surface area contributed by atoms with Gasteiger partial charge in [-0.3, -0.25) is 0 Å². The number of nitrogens with one attached hydrogen (secondary N) is 1. The molecule has 0 aromatic rings. The van der Waals surface area contributed by atoms with Crippen LogP contribution < -0.4 is 5.32 Å². The molecule has 3 atom stereocenters. The Morgan fingerprint density at radius 3 is 2.56 bits per heavy atom. The first-order valence-corrected chi connectivity index (χ1v) is 8.08. The molecule has 1 fully saturated rings. The molecule has 18 heavy (non-hydrogen) atoms. The Hall–Kier alpha value is -0.300. The molecule has 0 spiro atoms. The maximum Gasteiger partial charge on any atom is -0.00179 e. The average Bonchev–Trinajstić information content (AvgIpc) is 2.38. The van der Waals surface area contributed by atoms with E-state index in [0.717, 1.165) is 30.7 Å². The van der Waals surface area contributed by atoms with Gasteiger partial charge in [0.2, 0.25) is 0 Å². The van der Waals surface area contributed by atoms with Crippen molar-refractivity contribution in [3.8, 4) is 0 Å². The van der Waals surface area contributed by atoms with Gasteiger partial charge in [0.15, 0.2) is 0 Å². The smallest absolute Gasteiger partial charge is 0.00179 e. The molecule has 0 amide bonds. The maximum atomic E-state index is 4.23. The fraction of sp³-hybridized carbons (Fsp3) is 0.882.